The van der Waals surface area contributed by atoms with Gasteiger partial charge in [0.15, 0.2) is 0 Å². The molecule has 31 heavy (non-hydrogen) atoms. The molecule has 0 saturated carbocycles. The third kappa shape index (κ3) is 6.57. The summed E-state index contributed by atoms with van der Waals surface area (Å²) in [6.07, 6.45) is 1.19. The topological polar surface area (TPSA) is 87.7 Å². The number of hydrogen-bond acceptors (Lipinski definition) is 4. The molecule has 0 spiro atoms. The molecule has 164 valence electrons. The number of nitrogens with one attached hydrogen (secondary N) is 2. The summed E-state index contributed by atoms with van der Waals surface area (Å²) in [5.74, 6) is -0.346. The van der Waals surface area contributed by atoms with Crippen LogP contribution < -0.4 is 10.6 Å². The fourth-order valence-corrected chi connectivity index (χ4v) is 3.66. The molecule has 0 aromatic heterocycles. The van der Waals surface area contributed by atoms with Crippen LogP contribution in [-0.4, -0.2) is 48.5 Å². The zero-order chi connectivity index (χ0) is 22.1. The highest BCUT2D eigenvalue weighted by molar-refractivity contribution is 5.94. The molecule has 1 atom stereocenters. The summed E-state index contributed by atoms with van der Waals surface area (Å²) in [6, 6.07) is 18.0. The summed E-state index contributed by atoms with van der Waals surface area (Å²) in [7, 11) is 0. The van der Waals surface area contributed by atoms with Crippen molar-refractivity contribution in [2.24, 2.45) is 0 Å². The van der Waals surface area contributed by atoms with Crippen LogP contribution in [0.25, 0.3) is 0 Å². The maximum absolute atomic E-state index is 12.8. The summed E-state index contributed by atoms with van der Waals surface area (Å²) in [5, 5.41) is 6.04. The predicted octanol–water partition coefficient (Wildman–Crippen LogP) is 3.28. The van der Waals surface area contributed by atoms with Gasteiger partial charge in [0, 0.05) is 24.7 Å². The van der Waals surface area contributed by atoms with Gasteiger partial charge in [-0.05, 0) is 37.5 Å². The number of likely N-dealkylation sites (tertiary alicyclic amines) is 1. The highest BCUT2D eigenvalue weighted by Crippen LogP contribution is 2.19. The van der Waals surface area contributed by atoms with Crippen molar-refractivity contribution < 1.29 is 19.1 Å². The van der Waals surface area contributed by atoms with Crippen molar-refractivity contribution in [1.82, 2.24) is 15.5 Å². The molecule has 1 aliphatic heterocycles. The fourth-order valence-electron chi connectivity index (χ4n) is 3.66. The van der Waals surface area contributed by atoms with Crippen LogP contribution in [0.2, 0.25) is 0 Å². The van der Waals surface area contributed by atoms with Crippen LogP contribution in [0.1, 0.15) is 48.1 Å². The zero-order valence-electron chi connectivity index (χ0n) is 17.8. The van der Waals surface area contributed by atoms with E-state index in [4.69, 9.17) is 4.74 Å². The number of amides is 3. The van der Waals surface area contributed by atoms with Crippen molar-refractivity contribution >= 4 is 17.9 Å². The number of nitrogens with zero attached hydrogens (tertiary/aromatic N) is 1. The number of benzene rings is 2. The van der Waals surface area contributed by atoms with E-state index >= 15 is 0 Å². The Balaban J connectivity index is 1.58. The monoisotopic (exact) mass is 423 g/mol. The summed E-state index contributed by atoms with van der Waals surface area (Å²) >= 11 is 0. The SMILES string of the molecule is CCOC(=O)N1CCC(NC(=O)CC(NC(=O)c2ccccc2)c2ccccc2)CC1. The maximum Gasteiger partial charge on any atom is 0.409 e. The molecule has 3 amide bonds. The van der Waals surface area contributed by atoms with Crippen LogP contribution in [-0.2, 0) is 9.53 Å². The molecule has 0 radical (unpaired) electrons. The van der Waals surface area contributed by atoms with E-state index in [1.54, 1.807) is 24.0 Å². The minimum absolute atomic E-state index is 0.000533. The Hall–Kier alpha value is -3.35. The van der Waals surface area contributed by atoms with E-state index in [0.717, 1.165) is 5.56 Å². The van der Waals surface area contributed by atoms with E-state index in [-0.39, 0.29) is 30.4 Å². The number of rotatable bonds is 7. The predicted molar refractivity (Wildman–Crippen MR) is 117 cm³/mol. The van der Waals surface area contributed by atoms with Crippen molar-refractivity contribution in [3.8, 4) is 0 Å². The van der Waals surface area contributed by atoms with Crippen molar-refractivity contribution in [3.05, 3.63) is 71.8 Å². The lowest BCUT2D eigenvalue weighted by molar-refractivity contribution is -0.122. The van der Waals surface area contributed by atoms with E-state index in [0.29, 0.717) is 38.1 Å². The highest BCUT2D eigenvalue weighted by Gasteiger charge is 2.26. The van der Waals surface area contributed by atoms with Gasteiger partial charge in [0.25, 0.3) is 5.91 Å². The van der Waals surface area contributed by atoms with Crippen LogP contribution in [0.3, 0.4) is 0 Å². The Morgan fingerprint density at radius 2 is 1.61 bits per heavy atom. The minimum atomic E-state index is -0.437. The first kappa shape index (κ1) is 22.3. The Labute approximate surface area is 182 Å². The molecule has 1 aliphatic rings. The lowest BCUT2D eigenvalue weighted by Gasteiger charge is -2.32. The number of carbonyl (C=O) groups is 3. The first-order valence-corrected chi connectivity index (χ1v) is 10.7. The number of piperidine rings is 1. The number of ether oxygens (including phenoxy) is 1. The second-order valence-corrected chi connectivity index (χ2v) is 7.53. The van der Waals surface area contributed by atoms with Gasteiger partial charge in [-0.25, -0.2) is 4.79 Å². The van der Waals surface area contributed by atoms with Crippen molar-refractivity contribution in [3.63, 3.8) is 0 Å². The summed E-state index contributed by atoms with van der Waals surface area (Å²) in [6.45, 7) is 3.24. The molecule has 2 aromatic rings. The van der Waals surface area contributed by atoms with Gasteiger partial charge in [-0.15, -0.1) is 0 Å². The van der Waals surface area contributed by atoms with Crippen LogP contribution in [0, 0.1) is 0 Å². The van der Waals surface area contributed by atoms with E-state index in [9.17, 15) is 14.4 Å². The zero-order valence-corrected chi connectivity index (χ0v) is 17.8. The third-order valence-electron chi connectivity index (χ3n) is 5.32. The average molecular weight is 424 g/mol. The Bertz CT molecular complexity index is 865. The molecule has 7 heteroatoms. The van der Waals surface area contributed by atoms with Gasteiger partial charge < -0.3 is 20.3 Å². The first-order chi connectivity index (χ1) is 15.1. The molecule has 1 saturated heterocycles. The van der Waals surface area contributed by atoms with Crippen LogP contribution in [0.15, 0.2) is 60.7 Å². The van der Waals surface area contributed by atoms with Gasteiger partial charge in [0.2, 0.25) is 5.91 Å². The van der Waals surface area contributed by atoms with Gasteiger partial charge in [-0.1, -0.05) is 48.5 Å². The molecular weight excluding hydrogens is 394 g/mol. The average Bonchev–Trinajstić information content (AvgIpc) is 2.80. The first-order valence-electron chi connectivity index (χ1n) is 10.7. The second kappa shape index (κ2) is 11.2. The molecule has 0 bridgehead atoms. The fraction of sp³-hybridized carbons (Fsp3) is 0.375. The molecule has 1 unspecified atom stereocenters. The molecule has 7 nitrogen and oxygen atoms in total. The second-order valence-electron chi connectivity index (χ2n) is 7.53. The lowest BCUT2D eigenvalue weighted by Crippen LogP contribution is -2.47. The van der Waals surface area contributed by atoms with Gasteiger partial charge in [0.05, 0.1) is 19.1 Å². The van der Waals surface area contributed by atoms with Gasteiger partial charge in [-0.2, -0.15) is 0 Å². The number of hydrogen-bond donors (Lipinski definition) is 2. The molecule has 2 aromatic carbocycles. The summed E-state index contributed by atoms with van der Waals surface area (Å²) < 4.78 is 5.03. The van der Waals surface area contributed by atoms with Crippen molar-refractivity contribution in [2.75, 3.05) is 19.7 Å². The van der Waals surface area contributed by atoms with Crippen LogP contribution >= 0.6 is 0 Å². The standard InChI is InChI=1S/C24H29N3O4/c1-2-31-24(30)27-15-13-20(14-16-27)25-22(28)17-21(18-9-5-3-6-10-18)26-23(29)19-11-7-4-8-12-19/h3-12,20-21H,2,13-17H2,1H3,(H,25,28)(H,26,29). The van der Waals surface area contributed by atoms with Gasteiger partial charge in [0.1, 0.15) is 0 Å². The van der Waals surface area contributed by atoms with E-state index in [1.165, 1.54) is 0 Å². The van der Waals surface area contributed by atoms with E-state index in [1.807, 2.05) is 48.5 Å². The Morgan fingerprint density at radius 3 is 2.23 bits per heavy atom. The molecule has 1 heterocycles. The molecule has 1 fully saturated rings. The molecule has 0 aliphatic carbocycles. The number of carbonyl (C=O) groups excluding carboxylic acids is 3. The van der Waals surface area contributed by atoms with E-state index in [2.05, 4.69) is 10.6 Å². The normalized spacial score (nSPS) is 15.1. The summed E-state index contributed by atoms with van der Waals surface area (Å²) in [5.41, 5.74) is 1.43. The van der Waals surface area contributed by atoms with Crippen molar-refractivity contribution in [2.45, 2.75) is 38.3 Å². The van der Waals surface area contributed by atoms with Gasteiger partial charge in [-0.3, -0.25) is 9.59 Å². The van der Waals surface area contributed by atoms with E-state index < -0.39 is 6.04 Å². The molecule has 3 rings (SSSR count). The minimum Gasteiger partial charge on any atom is -0.450 e. The van der Waals surface area contributed by atoms with Crippen LogP contribution in [0.4, 0.5) is 4.79 Å². The Morgan fingerprint density at radius 1 is 1.00 bits per heavy atom. The highest BCUT2D eigenvalue weighted by atomic mass is 16.6. The van der Waals surface area contributed by atoms with Gasteiger partial charge >= 0.3 is 6.09 Å². The van der Waals surface area contributed by atoms with Crippen molar-refractivity contribution in [1.29, 1.82) is 0 Å². The maximum atomic E-state index is 12.8. The largest absolute Gasteiger partial charge is 0.450 e. The lowest BCUT2D eigenvalue weighted by atomic mass is 10.0. The quantitative estimate of drug-likeness (QED) is 0.715. The molecule has 2 N–H and O–H groups in total. The molecular formula is C24H29N3O4. The Kier molecular flexibility index (Phi) is 8.04. The van der Waals surface area contributed by atoms with Crippen LogP contribution in [0.5, 0.6) is 0 Å². The third-order valence-corrected chi connectivity index (χ3v) is 5.32. The smallest absolute Gasteiger partial charge is 0.409 e. The summed E-state index contributed by atoms with van der Waals surface area (Å²) in [4.78, 5) is 38.9.